The first kappa shape index (κ1) is 23.4. The van der Waals surface area contributed by atoms with Crippen LogP contribution in [0.15, 0.2) is 85.5 Å². The van der Waals surface area contributed by atoms with E-state index < -0.39 is 5.97 Å². The molecule has 8 heteroatoms. The number of nitrogens with one attached hydrogen (secondary N) is 2. The lowest BCUT2D eigenvalue weighted by Gasteiger charge is -2.16. The lowest BCUT2D eigenvalue weighted by atomic mass is 9.97. The summed E-state index contributed by atoms with van der Waals surface area (Å²) in [6.45, 7) is 0.705. The minimum Gasteiger partial charge on any atom is -0.481 e. The van der Waals surface area contributed by atoms with Crippen molar-refractivity contribution in [3.05, 3.63) is 113 Å². The number of carbonyl (C=O) groups excluding carboxylic acids is 1. The van der Waals surface area contributed by atoms with Gasteiger partial charge >= 0.3 is 5.97 Å². The first-order valence-corrected chi connectivity index (χ1v) is 11.8. The third-order valence-corrected chi connectivity index (χ3v) is 6.20. The quantitative estimate of drug-likeness (QED) is 0.277. The molecule has 1 aliphatic heterocycles. The summed E-state index contributed by atoms with van der Waals surface area (Å²) in [4.78, 5) is 28.3. The van der Waals surface area contributed by atoms with Gasteiger partial charge < -0.3 is 20.3 Å². The van der Waals surface area contributed by atoms with E-state index in [0.717, 1.165) is 27.9 Å². The van der Waals surface area contributed by atoms with Gasteiger partial charge in [-0.2, -0.15) is 0 Å². The maximum Gasteiger partial charge on any atom is 0.303 e. The van der Waals surface area contributed by atoms with Crippen LogP contribution >= 0.6 is 11.6 Å². The Labute approximate surface area is 213 Å². The number of aryl methyl sites for hydroxylation is 1. The number of carbonyl (C=O) groups is 2. The number of aliphatic carboxylic acids is 1. The molecule has 3 N–H and O–H groups in total. The van der Waals surface area contributed by atoms with Gasteiger partial charge in [0.1, 0.15) is 0 Å². The van der Waals surface area contributed by atoms with E-state index in [1.165, 1.54) is 0 Å². The SMILES string of the molecule is O=C(O)CCc1cccc(/C(Nc2ccc(Cn3ccnc3)cc2)=C2/C(=O)Nc3cc(Cl)ccc32)c1. The monoisotopic (exact) mass is 498 g/mol. The van der Waals surface area contributed by atoms with E-state index in [0.29, 0.717) is 34.9 Å². The topological polar surface area (TPSA) is 96.2 Å². The van der Waals surface area contributed by atoms with Crippen LogP contribution < -0.4 is 10.6 Å². The van der Waals surface area contributed by atoms with Crippen LogP contribution in [0.1, 0.15) is 28.7 Å². The highest BCUT2D eigenvalue weighted by molar-refractivity contribution is 6.38. The number of fused-ring (bicyclic) bond motifs is 1. The molecular formula is C28H23ClN4O3. The fourth-order valence-corrected chi connectivity index (χ4v) is 4.41. The molecular weight excluding hydrogens is 476 g/mol. The van der Waals surface area contributed by atoms with Crippen LogP contribution in [-0.2, 0) is 22.6 Å². The van der Waals surface area contributed by atoms with Crippen LogP contribution in [0.4, 0.5) is 11.4 Å². The summed E-state index contributed by atoms with van der Waals surface area (Å²) in [5.74, 6) is -1.09. The van der Waals surface area contributed by atoms with Gasteiger partial charge in [0.05, 0.1) is 23.3 Å². The molecule has 1 aromatic heterocycles. The van der Waals surface area contributed by atoms with Crippen molar-refractivity contribution in [3.63, 3.8) is 0 Å². The van der Waals surface area contributed by atoms with Crippen molar-refractivity contribution < 1.29 is 14.7 Å². The number of benzene rings is 3. The minimum absolute atomic E-state index is 0.0307. The molecule has 0 saturated heterocycles. The summed E-state index contributed by atoms with van der Waals surface area (Å²) in [7, 11) is 0. The van der Waals surface area contributed by atoms with Crippen LogP contribution in [0, 0.1) is 0 Å². The predicted octanol–water partition coefficient (Wildman–Crippen LogP) is 5.53. The number of rotatable bonds is 8. The highest BCUT2D eigenvalue weighted by Gasteiger charge is 2.28. The molecule has 180 valence electrons. The zero-order valence-corrected chi connectivity index (χ0v) is 20.0. The molecule has 0 bridgehead atoms. The van der Waals surface area contributed by atoms with E-state index in [4.69, 9.17) is 16.7 Å². The molecule has 5 rings (SSSR count). The van der Waals surface area contributed by atoms with Crippen molar-refractivity contribution in [1.82, 2.24) is 9.55 Å². The molecule has 4 aromatic rings. The molecule has 0 saturated carbocycles. The lowest BCUT2D eigenvalue weighted by molar-refractivity contribution is -0.137. The summed E-state index contributed by atoms with van der Waals surface area (Å²) in [5.41, 5.74) is 6.13. The summed E-state index contributed by atoms with van der Waals surface area (Å²) >= 11 is 6.16. The molecule has 0 spiro atoms. The van der Waals surface area contributed by atoms with Gasteiger partial charge in [0, 0.05) is 41.6 Å². The number of carboxylic acids is 1. The van der Waals surface area contributed by atoms with Crippen molar-refractivity contribution in [1.29, 1.82) is 0 Å². The predicted molar refractivity (Wildman–Crippen MR) is 141 cm³/mol. The van der Waals surface area contributed by atoms with Gasteiger partial charge in [0.2, 0.25) is 0 Å². The smallest absolute Gasteiger partial charge is 0.303 e. The average molecular weight is 499 g/mol. The zero-order chi connectivity index (χ0) is 25.1. The molecule has 3 aromatic carbocycles. The number of anilines is 2. The van der Waals surface area contributed by atoms with Crippen molar-refractivity contribution in [3.8, 4) is 0 Å². The molecule has 36 heavy (non-hydrogen) atoms. The maximum absolute atomic E-state index is 13.1. The zero-order valence-electron chi connectivity index (χ0n) is 19.2. The number of nitrogens with zero attached hydrogens (tertiary/aromatic N) is 2. The van der Waals surface area contributed by atoms with Crippen molar-refractivity contribution in [2.45, 2.75) is 19.4 Å². The standard InChI is InChI=1S/C28H23ClN4O3/c29-21-7-10-23-24(15-21)32-28(36)26(23)27(20-3-1-2-18(14-20)6-11-25(34)35)31-22-8-4-19(5-9-22)16-33-13-12-30-17-33/h1-5,7-10,12-15,17,31H,6,11,16H2,(H,32,36)(H,34,35)/b27-26-. The highest BCUT2D eigenvalue weighted by Crippen LogP contribution is 2.39. The lowest BCUT2D eigenvalue weighted by Crippen LogP contribution is -2.10. The van der Waals surface area contributed by atoms with Crippen LogP contribution in [0.3, 0.4) is 0 Å². The molecule has 0 atom stereocenters. The largest absolute Gasteiger partial charge is 0.481 e. The molecule has 0 unspecified atom stereocenters. The van der Waals surface area contributed by atoms with Gasteiger partial charge in [-0.15, -0.1) is 0 Å². The Morgan fingerprint density at radius 1 is 1.06 bits per heavy atom. The number of hydrogen-bond acceptors (Lipinski definition) is 4. The first-order chi connectivity index (χ1) is 17.5. The highest BCUT2D eigenvalue weighted by atomic mass is 35.5. The Morgan fingerprint density at radius 2 is 1.89 bits per heavy atom. The van der Waals surface area contributed by atoms with E-state index in [2.05, 4.69) is 15.6 Å². The molecule has 1 aliphatic rings. The molecule has 7 nitrogen and oxygen atoms in total. The number of amides is 1. The second-order valence-electron chi connectivity index (χ2n) is 8.55. The summed E-state index contributed by atoms with van der Waals surface area (Å²) in [6.07, 6.45) is 5.86. The average Bonchev–Trinajstić information content (AvgIpc) is 3.49. The summed E-state index contributed by atoms with van der Waals surface area (Å²) < 4.78 is 1.99. The number of aromatic nitrogens is 2. The van der Waals surface area contributed by atoms with Crippen molar-refractivity contribution in [2.24, 2.45) is 0 Å². The van der Waals surface area contributed by atoms with Crippen LogP contribution in [0.2, 0.25) is 5.02 Å². The van der Waals surface area contributed by atoms with Crippen molar-refractivity contribution >= 4 is 46.1 Å². The normalized spacial score (nSPS) is 13.8. The van der Waals surface area contributed by atoms with Gasteiger partial charge in [0.15, 0.2) is 0 Å². The Kier molecular flexibility index (Phi) is 6.56. The Morgan fingerprint density at radius 3 is 2.64 bits per heavy atom. The van der Waals surface area contributed by atoms with E-state index in [1.54, 1.807) is 24.7 Å². The second kappa shape index (κ2) is 10.1. The van der Waals surface area contributed by atoms with Gasteiger partial charge in [0.25, 0.3) is 5.91 Å². The molecule has 0 radical (unpaired) electrons. The Bertz CT molecular complexity index is 1460. The molecule has 1 amide bonds. The van der Waals surface area contributed by atoms with Crippen LogP contribution in [0.25, 0.3) is 11.3 Å². The number of carboxylic acid groups (broad SMARTS) is 1. The third kappa shape index (κ3) is 5.16. The van der Waals surface area contributed by atoms with Gasteiger partial charge in [-0.3, -0.25) is 9.59 Å². The molecule has 2 heterocycles. The van der Waals surface area contributed by atoms with Gasteiger partial charge in [-0.1, -0.05) is 48.0 Å². The molecule has 0 aliphatic carbocycles. The summed E-state index contributed by atoms with van der Waals surface area (Å²) in [6, 6.07) is 20.9. The maximum atomic E-state index is 13.1. The third-order valence-electron chi connectivity index (χ3n) is 5.97. The fraction of sp³-hybridized carbons (Fsp3) is 0.107. The van der Waals surface area contributed by atoms with Gasteiger partial charge in [-0.05, 0) is 53.4 Å². The van der Waals surface area contributed by atoms with Crippen LogP contribution in [-0.4, -0.2) is 26.5 Å². The number of halogens is 1. The minimum atomic E-state index is -0.853. The van der Waals surface area contributed by atoms with Crippen LogP contribution in [0.5, 0.6) is 0 Å². The first-order valence-electron chi connectivity index (χ1n) is 11.4. The molecule has 0 fully saturated rings. The Hall–Kier alpha value is -4.36. The van der Waals surface area contributed by atoms with Crippen molar-refractivity contribution in [2.75, 3.05) is 10.6 Å². The fourth-order valence-electron chi connectivity index (χ4n) is 4.23. The number of imidazole rings is 1. The van der Waals surface area contributed by atoms with E-state index in [9.17, 15) is 9.59 Å². The Balaban J connectivity index is 1.54. The van der Waals surface area contributed by atoms with E-state index in [-0.39, 0.29) is 12.3 Å². The number of hydrogen-bond donors (Lipinski definition) is 3. The van der Waals surface area contributed by atoms with Gasteiger partial charge in [-0.25, -0.2) is 4.98 Å². The van der Waals surface area contributed by atoms with E-state index >= 15 is 0 Å². The summed E-state index contributed by atoms with van der Waals surface area (Å²) in [5, 5.41) is 16.0. The van der Waals surface area contributed by atoms with E-state index in [1.807, 2.05) is 65.4 Å². The second-order valence-corrected chi connectivity index (χ2v) is 8.98.